The van der Waals surface area contributed by atoms with Crippen molar-refractivity contribution in [3.63, 3.8) is 0 Å². The van der Waals surface area contributed by atoms with E-state index in [2.05, 4.69) is 6.92 Å². The Morgan fingerprint density at radius 2 is 2.19 bits per heavy atom. The highest BCUT2D eigenvalue weighted by molar-refractivity contribution is 4.90. The van der Waals surface area contributed by atoms with E-state index in [9.17, 15) is 5.11 Å². The van der Waals surface area contributed by atoms with E-state index < -0.39 is 5.54 Å². The minimum atomic E-state index is -0.423. The second kappa shape index (κ2) is 7.22. The minimum absolute atomic E-state index is 0.0548. The van der Waals surface area contributed by atoms with Crippen LogP contribution in [-0.4, -0.2) is 43.2 Å². The molecule has 1 aliphatic carbocycles. The Kier molecular flexibility index (Phi) is 6.28. The molecule has 0 aliphatic heterocycles. The van der Waals surface area contributed by atoms with Crippen molar-refractivity contribution in [2.75, 3.05) is 26.4 Å². The predicted octanol–water partition coefficient (Wildman–Crippen LogP) is 1.06. The molecule has 3 N–H and O–H groups in total. The number of hydrogen-bond donors (Lipinski definition) is 2. The summed E-state index contributed by atoms with van der Waals surface area (Å²) in [5, 5.41) is 9.20. The van der Waals surface area contributed by atoms with Crippen LogP contribution in [0.25, 0.3) is 0 Å². The molecule has 0 aromatic rings. The topological polar surface area (TPSA) is 64.7 Å². The van der Waals surface area contributed by atoms with Gasteiger partial charge in [0, 0.05) is 12.1 Å². The number of ether oxygens (including phenoxy) is 2. The first kappa shape index (κ1) is 13.9. The molecular weight excluding hydrogens is 206 g/mol. The van der Waals surface area contributed by atoms with E-state index in [1.807, 2.05) is 0 Å². The van der Waals surface area contributed by atoms with E-state index in [1.165, 1.54) is 0 Å². The van der Waals surface area contributed by atoms with Gasteiger partial charge in [0.25, 0.3) is 0 Å². The molecule has 0 saturated heterocycles. The molecule has 4 heteroatoms. The summed E-state index contributed by atoms with van der Waals surface area (Å²) in [6.07, 6.45) is 4.98. The Balaban J connectivity index is 2.12. The van der Waals surface area contributed by atoms with Crippen LogP contribution in [-0.2, 0) is 9.47 Å². The van der Waals surface area contributed by atoms with E-state index >= 15 is 0 Å². The maximum absolute atomic E-state index is 9.20. The molecule has 0 amide bonds. The molecule has 0 aromatic carbocycles. The van der Waals surface area contributed by atoms with Gasteiger partial charge in [0.05, 0.1) is 25.9 Å². The fraction of sp³-hybridized carbons (Fsp3) is 1.00. The maximum atomic E-state index is 9.20. The first-order valence-electron chi connectivity index (χ1n) is 6.29. The molecule has 1 rings (SSSR count). The molecule has 1 saturated carbocycles. The fourth-order valence-electron chi connectivity index (χ4n) is 2.15. The van der Waals surface area contributed by atoms with Gasteiger partial charge < -0.3 is 20.3 Å². The fourth-order valence-corrected chi connectivity index (χ4v) is 2.15. The second-order valence-corrected chi connectivity index (χ2v) is 4.72. The van der Waals surface area contributed by atoms with Crippen LogP contribution in [0.1, 0.15) is 39.0 Å². The first-order valence-corrected chi connectivity index (χ1v) is 6.29. The van der Waals surface area contributed by atoms with Crippen LogP contribution < -0.4 is 5.73 Å². The van der Waals surface area contributed by atoms with Crippen molar-refractivity contribution in [1.29, 1.82) is 0 Å². The Bertz CT molecular complexity index is 189. The zero-order chi connectivity index (χ0) is 11.9. The lowest BCUT2D eigenvalue weighted by atomic mass is 9.81. The van der Waals surface area contributed by atoms with Crippen LogP contribution in [0.4, 0.5) is 0 Å². The average molecular weight is 231 g/mol. The van der Waals surface area contributed by atoms with Gasteiger partial charge in [0.15, 0.2) is 0 Å². The molecule has 0 aromatic heterocycles. The Labute approximate surface area is 98.1 Å². The van der Waals surface area contributed by atoms with Crippen molar-refractivity contribution in [2.45, 2.75) is 50.7 Å². The summed E-state index contributed by atoms with van der Waals surface area (Å²) in [5.41, 5.74) is 5.62. The molecule has 1 aliphatic rings. The van der Waals surface area contributed by atoms with E-state index in [4.69, 9.17) is 15.2 Å². The third-order valence-electron chi connectivity index (χ3n) is 3.08. The number of nitrogens with two attached hydrogens (primary N) is 1. The average Bonchev–Trinajstić information content (AvgIpc) is 2.29. The predicted molar refractivity (Wildman–Crippen MR) is 63.3 cm³/mol. The summed E-state index contributed by atoms with van der Waals surface area (Å²) in [4.78, 5) is 0. The Morgan fingerprint density at radius 1 is 1.38 bits per heavy atom. The van der Waals surface area contributed by atoms with Crippen LogP contribution in [0.2, 0.25) is 0 Å². The van der Waals surface area contributed by atoms with Gasteiger partial charge >= 0.3 is 0 Å². The van der Waals surface area contributed by atoms with Crippen LogP contribution in [0.15, 0.2) is 0 Å². The third-order valence-corrected chi connectivity index (χ3v) is 3.08. The number of aliphatic hydroxyl groups is 1. The monoisotopic (exact) mass is 231 g/mol. The quantitative estimate of drug-likeness (QED) is 0.643. The SMILES string of the molecule is CCCOCCOC1CCCC(N)(CO)C1. The van der Waals surface area contributed by atoms with Gasteiger partial charge in [-0.1, -0.05) is 6.92 Å². The molecular formula is C12H25NO3. The molecule has 1 fully saturated rings. The molecule has 16 heavy (non-hydrogen) atoms. The molecule has 4 nitrogen and oxygen atoms in total. The van der Waals surface area contributed by atoms with Gasteiger partial charge in [-0.2, -0.15) is 0 Å². The summed E-state index contributed by atoms with van der Waals surface area (Å²) in [6.45, 7) is 4.23. The molecule has 2 atom stereocenters. The van der Waals surface area contributed by atoms with Gasteiger partial charge in [-0.15, -0.1) is 0 Å². The van der Waals surface area contributed by atoms with Crippen LogP contribution in [0.5, 0.6) is 0 Å². The lowest BCUT2D eigenvalue weighted by molar-refractivity contribution is -0.0307. The summed E-state index contributed by atoms with van der Waals surface area (Å²) in [6, 6.07) is 0. The van der Waals surface area contributed by atoms with Crippen molar-refractivity contribution < 1.29 is 14.6 Å². The molecule has 96 valence electrons. The minimum Gasteiger partial charge on any atom is -0.394 e. The number of rotatable bonds is 7. The van der Waals surface area contributed by atoms with E-state index in [-0.39, 0.29) is 12.7 Å². The zero-order valence-corrected chi connectivity index (χ0v) is 10.3. The van der Waals surface area contributed by atoms with Crippen molar-refractivity contribution in [1.82, 2.24) is 0 Å². The zero-order valence-electron chi connectivity index (χ0n) is 10.3. The first-order chi connectivity index (χ1) is 7.70. The lowest BCUT2D eigenvalue weighted by Gasteiger charge is -2.36. The summed E-state index contributed by atoms with van der Waals surface area (Å²) >= 11 is 0. The Morgan fingerprint density at radius 3 is 2.88 bits per heavy atom. The standard InChI is InChI=1S/C12H25NO3/c1-2-6-15-7-8-16-11-4-3-5-12(13,9-11)10-14/h11,14H,2-10,13H2,1H3. The smallest absolute Gasteiger partial charge is 0.0704 e. The van der Waals surface area contributed by atoms with Crippen LogP contribution >= 0.6 is 0 Å². The van der Waals surface area contributed by atoms with Crippen molar-refractivity contribution in [3.05, 3.63) is 0 Å². The van der Waals surface area contributed by atoms with Gasteiger partial charge in [0.2, 0.25) is 0 Å². The molecule has 0 radical (unpaired) electrons. The number of hydrogen-bond acceptors (Lipinski definition) is 4. The van der Waals surface area contributed by atoms with E-state index in [0.29, 0.717) is 13.2 Å². The largest absolute Gasteiger partial charge is 0.394 e. The summed E-state index contributed by atoms with van der Waals surface area (Å²) in [7, 11) is 0. The van der Waals surface area contributed by atoms with Gasteiger partial charge in [-0.3, -0.25) is 0 Å². The number of aliphatic hydroxyl groups excluding tert-OH is 1. The van der Waals surface area contributed by atoms with Crippen LogP contribution in [0.3, 0.4) is 0 Å². The molecule has 2 unspecified atom stereocenters. The van der Waals surface area contributed by atoms with E-state index in [1.54, 1.807) is 0 Å². The van der Waals surface area contributed by atoms with Crippen molar-refractivity contribution >= 4 is 0 Å². The second-order valence-electron chi connectivity index (χ2n) is 4.72. The summed E-state index contributed by atoms with van der Waals surface area (Å²) in [5.74, 6) is 0. The summed E-state index contributed by atoms with van der Waals surface area (Å²) < 4.78 is 11.1. The Hall–Kier alpha value is -0.160. The lowest BCUT2D eigenvalue weighted by Crippen LogP contribution is -2.49. The highest BCUT2D eigenvalue weighted by Gasteiger charge is 2.32. The van der Waals surface area contributed by atoms with Gasteiger partial charge in [-0.05, 0) is 32.1 Å². The molecule has 0 bridgehead atoms. The van der Waals surface area contributed by atoms with Gasteiger partial charge in [-0.25, -0.2) is 0 Å². The third kappa shape index (κ3) is 4.78. The highest BCUT2D eigenvalue weighted by atomic mass is 16.5. The maximum Gasteiger partial charge on any atom is 0.0704 e. The van der Waals surface area contributed by atoms with Crippen LogP contribution in [0, 0.1) is 0 Å². The molecule has 0 spiro atoms. The van der Waals surface area contributed by atoms with E-state index in [0.717, 1.165) is 38.7 Å². The van der Waals surface area contributed by atoms with Crippen molar-refractivity contribution in [3.8, 4) is 0 Å². The van der Waals surface area contributed by atoms with Crippen molar-refractivity contribution in [2.24, 2.45) is 5.73 Å². The molecule has 0 heterocycles. The van der Waals surface area contributed by atoms with Gasteiger partial charge in [0.1, 0.15) is 0 Å². The highest BCUT2D eigenvalue weighted by Crippen LogP contribution is 2.27. The normalized spacial score (nSPS) is 30.6.